The Morgan fingerprint density at radius 1 is 1.25 bits per heavy atom. The highest BCUT2D eigenvalue weighted by Gasteiger charge is 2.24. The lowest BCUT2D eigenvalue weighted by molar-refractivity contribution is 0.0534. The van der Waals surface area contributed by atoms with Crippen LogP contribution < -0.4 is 10.6 Å². The van der Waals surface area contributed by atoms with E-state index in [0.29, 0.717) is 12.6 Å². The molecule has 1 aliphatic rings. The first kappa shape index (κ1) is 17.0. The van der Waals surface area contributed by atoms with Gasteiger partial charge in [-0.25, -0.2) is 4.79 Å². The molecule has 0 aliphatic heterocycles. The number of alkyl carbamates (subject to hydrolysis) is 1. The molecule has 20 heavy (non-hydrogen) atoms. The quantitative estimate of drug-likeness (QED) is 0.735. The van der Waals surface area contributed by atoms with Gasteiger partial charge in [-0.2, -0.15) is 0 Å². The van der Waals surface area contributed by atoms with Crippen LogP contribution in [0.4, 0.5) is 4.79 Å². The van der Waals surface area contributed by atoms with E-state index in [9.17, 15) is 4.79 Å². The predicted octanol–water partition coefficient (Wildman–Crippen LogP) is 3.24. The minimum absolute atomic E-state index is 0.364. The van der Waals surface area contributed by atoms with Crippen LogP contribution in [0, 0.1) is 5.92 Å². The van der Waals surface area contributed by atoms with Crippen molar-refractivity contribution in [2.75, 3.05) is 13.1 Å². The Labute approximate surface area is 123 Å². The van der Waals surface area contributed by atoms with E-state index in [1.165, 1.54) is 25.7 Å². The molecule has 1 rings (SSSR count). The first-order valence-electron chi connectivity index (χ1n) is 7.77. The van der Waals surface area contributed by atoms with Crippen LogP contribution in [0.25, 0.3) is 0 Å². The van der Waals surface area contributed by atoms with Gasteiger partial charge in [0, 0.05) is 19.1 Å². The Hall–Kier alpha value is -1.03. The summed E-state index contributed by atoms with van der Waals surface area (Å²) < 4.78 is 5.15. The van der Waals surface area contributed by atoms with E-state index in [1.54, 1.807) is 0 Å². The average Bonchev–Trinajstić information content (AvgIpc) is 2.78. The van der Waals surface area contributed by atoms with Crippen LogP contribution in [-0.2, 0) is 4.74 Å². The van der Waals surface area contributed by atoms with Crippen LogP contribution in [0.3, 0.4) is 0 Å². The molecular weight excluding hydrogens is 252 g/mol. The smallest absolute Gasteiger partial charge is 0.407 e. The summed E-state index contributed by atoms with van der Waals surface area (Å²) in [5.74, 6) is 0.836. The van der Waals surface area contributed by atoms with Crippen LogP contribution in [0.1, 0.15) is 53.4 Å². The van der Waals surface area contributed by atoms with Crippen molar-refractivity contribution in [3.05, 3.63) is 12.2 Å². The second-order valence-electron chi connectivity index (χ2n) is 6.47. The molecule has 0 aromatic carbocycles. The van der Waals surface area contributed by atoms with Gasteiger partial charge in [-0.15, -0.1) is 0 Å². The summed E-state index contributed by atoms with van der Waals surface area (Å²) in [4.78, 5) is 11.4. The zero-order valence-electron chi connectivity index (χ0n) is 13.4. The van der Waals surface area contributed by atoms with Crippen LogP contribution in [0.15, 0.2) is 12.2 Å². The van der Waals surface area contributed by atoms with Gasteiger partial charge in [0.25, 0.3) is 0 Å². The molecule has 0 radical (unpaired) electrons. The molecule has 4 nitrogen and oxygen atoms in total. The summed E-state index contributed by atoms with van der Waals surface area (Å²) in [6.07, 6.45) is 8.94. The number of hydrogen-bond acceptors (Lipinski definition) is 3. The third-order valence-electron chi connectivity index (χ3n) is 3.61. The molecule has 4 heteroatoms. The number of carbonyl (C=O) groups is 1. The maximum absolute atomic E-state index is 11.4. The van der Waals surface area contributed by atoms with Crippen molar-refractivity contribution in [3.8, 4) is 0 Å². The highest BCUT2D eigenvalue weighted by Crippen LogP contribution is 2.27. The average molecular weight is 282 g/mol. The van der Waals surface area contributed by atoms with Crippen molar-refractivity contribution in [1.29, 1.82) is 0 Å². The summed E-state index contributed by atoms with van der Waals surface area (Å²) >= 11 is 0. The Kier molecular flexibility index (Phi) is 7.06. The van der Waals surface area contributed by atoms with Crippen molar-refractivity contribution < 1.29 is 9.53 Å². The van der Waals surface area contributed by atoms with Gasteiger partial charge in [0.2, 0.25) is 0 Å². The zero-order valence-corrected chi connectivity index (χ0v) is 13.4. The van der Waals surface area contributed by atoms with Gasteiger partial charge in [0.05, 0.1) is 0 Å². The molecule has 2 unspecified atom stereocenters. The second kappa shape index (κ2) is 8.30. The lowest BCUT2D eigenvalue weighted by Gasteiger charge is -2.19. The molecule has 2 N–H and O–H groups in total. The molecule has 1 amide bonds. The maximum Gasteiger partial charge on any atom is 0.407 e. The Balaban J connectivity index is 2.09. The largest absolute Gasteiger partial charge is 0.444 e. The SMILES string of the molecule is CCC1CCCC1NC/C=C/CNC(=O)OC(C)(C)C. The molecule has 2 atom stereocenters. The molecular formula is C16H30N2O2. The third-order valence-corrected chi connectivity index (χ3v) is 3.61. The third kappa shape index (κ3) is 6.94. The Bertz CT molecular complexity index is 321. The van der Waals surface area contributed by atoms with E-state index in [-0.39, 0.29) is 6.09 Å². The number of amides is 1. The second-order valence-corrected chi connectivity index (χ2v) is 6.47. The van der Waals surface area contributed by atoms with Gasteiger partial charge in [-0.1, -0.05) is 31.9 Å². The molecule has 0 heterocycles. The van der Waals surface area contributed by atoms with Gasteiger partial charge in [0.1, 0.15) is 5.60 Å². The summed E-state index contributed by atoms with van der Waals surface area (Å²) in [5, 5.41) is 6.29. The highest BCUT2D eigenvalue weighted by molar-refractivity contribution is 5.67. The molecule has 1 fully saturated rings. The number of carbonyl (C=O) groups excluding carboxylic acids is 1. The summed E-state index contributed by atoms with van der Waals surface area (Å²) in [6, 6.07) is 0.670. The summed E-state index contributed by atoms with van der Waals surface area (Å²) in [6.45, 7) is 9.23. The van der Waals surface area contributed by atoms with Crippen molar-refractivity contribution in [2.45, 2.75) is 65.0 Å². The molecule has 0 aromatic rings. The standard InChI is InChI=1S/C16H30N2O2/c1-5-13-9-8-10-14(13)17-11-6-7-12-18-15(19)20-16(2,3)4/h6-7,13-14,17H,5,8-12H2,1-4H3,(H,18,19)/b7-6+. The van der Waals surface area contributed by atoms with E-state index in [0.717, 1.165) is 12.5 Å². The normalized spacial score (nSPS) is 23.2. The molecule has 0 aromatic heterocycles. The van der Waals surface area contributed by atoms with Gasteiger partial charge in [-0.05, 0) is 39.5 Å². The Morgan fingerprint density at radius 2 is 1.95 bits per heavy atom. The number of hydrogen-bond donors (Lipinski definition) is 2. The maximum atomic E-state index is 11.4. The van der Waals surface area contributed by atoms with E-state index in [2.05, 4.69) is 23.6 Å². The topological polar surface area (TPSA) is 50.4 Å². The van der Waals surface area contributed by atoms with Crippen LogP contribution >= 0.6 is 0 Å². The predicted molar refractivity (Wildman–Crippen MR) is 82.8 cm³/mol. The van der Waals surface area contributed by atoms with Crippen molar-refractivity contribution in [3.63, 3.8) is 0 Å². The number of nitrogens with one attached hydrogen (secondary N) is 2. The van der Waals surface area contributed by atoms with E-state index >= 15 is 0 Å². The van der Waals surface area contributed by atoms with E-state index < -0.39 is 5.60 Å². The number of ether oxygens (including phenoxy) is 1. The molecule has 0 spiro atoms. The molecule has 116 valence electrons. The van der Waals surface area contributed by atoms with Gasteiger partial charge < -0.3 is 15.4 Å². The fourth-order valence-electron chi connectivity index (χ4n) is 2.64. The molecule has 0 bridgehead atoms. The van der Waals surface area contributed by atoms with Crippen LogP contribution in [0.5, 0.6) is 0 Å². The minimum Gasteiger partial charge on any atom is -0.444 e. The monoisotopic (exact) mass is 282 g/mol. The fraction of sp³-hybridized carbons (Fsp3) is 0.812. The van der Waals surface area contributed by atoms with E-state index in [4.69, 9.17) is 4.74 Å². The van der Waals surface area contributed by atoms with Crippen LogP contribution in [0.2, 0.25) is 0 Å². The van der Waals surface area contributed by atoms with Crippen molar-refractivity contribution >= 4 is 6.09 Å². The van der Waals surface area contributed by atoms with E-state index in [1.807, 2.05) is 26.8 Å². The zero-order chi connectivity index (χ0) is 15.0. The van der Waals surface area contributed by atoms with Gasteiger partial charge >= 0.3 is 6.09 Å². The van der Waals surface area contributed by atoms with Gasteiger partial charge in [-0.3, -0.25) is 0 Å². The minimum atomic E-state index is -0.438. The highest BCUT2D eigenvalue weighted by atomic mass is 16.6. The van der Waals surface area contributed by atoms with Crippen LogP contribution in [-0.4, -0.2) is 30.8 Å². The first-order valence-corrected chi connectivity index (χ1v) is 7.77. The molecule has 1 aliphatic carbocycles. The lowest BCUT2D eigenvalue weighted by Crippen LogP contribution is -2.33. The van der Waals surface area contributed by atoms with Crippen molar-refractivity contribution in [2.24, 2.45) is 5.92 Å². The Morgan fingerprint density at radius 3 is 2.60 bits per heavy atom. The lowest BCUT2D eigenvalue weighted by atomic mass is 10.0. The summed E-state index contributed by atoms with van der Waals surface area (Å²) in [5.41, 5.74) is -0.438. The van der Waals surface area contributed by atoms with Crippen molar-refractivity contribution in [1.82, 2.24) is 10.6 Å². The molecule has 1 saturated carbocycles. The number of rotatable bonds is 6. The fourth-order valence-corrected chi connectivity index (χ4v) is 2.64. The van der Waals surface area contributed by atoms with Gasteiger partial charge in [0.15, 0.2) is 0 Å². The summed E-state index contributed by atoms with van der Waals surface area (Å²) in [7, 11) is 0. The first-order chi connectivity index (χ1) is 9.42. The molecule has 0 saturated heterocycles.